The number of ether oxygens (including phenoxy) is 1. The molecule has 0 saturated heterocycles. The van der Waals surface area contributed by atoms with Gasteiger partial charge in [-0.15, -0.1) is 0 Å². The van der Waals surface area contributed by atoms with Crippen molar-refractivity contribution in [3.05, 3.63) is 0 Å². The van der Waals surface area contributed by atoms with E-state index in [1.54, 1.807) is 0 Å². The fraction of sp³-hybridized carbons (Fsp3) is 0.967. The largest absolute Gasteiger partial charge is 0.393 e. The van der Waals surface area contributed by atoms with Gasteiger partial charge in [0.25, 0.3) is 0 Å². The van der Waals surface area contributed by atoms with Crippen molar-refractivity contribution in [3.8, 4) is 0 Å². The maximum Gasteiger partial charge on any atom is 0.315 e. The highest BCUT2D eigenvalue weighted by Gasteiger charge is 2.34. The Balaban J connectivity index is 1.21. The second kappa shape index (κ2) is 18.6. The van der Waals surface area contributed by atoms with Crippen molar-refractivity contribution in [3.63, 3.8) is 0 Å². The number of aliphatic hydroxyl groups excluding tert-OH is 2. The Labute approximate surface area is 248 Å². The molecule has 3 fully saturated rings. The summed E-state index contributed by atoms with van der Waals surface area (Å²) in [4.78, 5) is 12.1. The Hall–Kier alpha value is -0.980. The van der Waals surface area contributed by atoms with E-state index < -0.39 is 16.1 Å². The number of carbonyl (C=O) groups is 1. The van der Waals surface area contributed by atoms with Gasteiger partial charge in [0.1, 0.15) is 0 Å². The number of unbranched alkanes of at least 4 members (excludes halogenated alkanes) is 3. The van der Waals surface area contributed by atoms with Gasteiger partial charge in [-0.25, -0.2) is 17.9 Å². The molecule has 3 aliphatic carbocycles. The lowest BCUT2D eigenvalue weighted by atomic mass is 9.84. The van der Waals surface area contributed by atoms with E-state index in [0.717, 1.165) is 77.2 Å². The molecular formula is C30H58N4O6S. The number of sulfonamides is 1. The van der Waals surface area contributed by atoms with Gasteiger partial charge in [-0.3, -0.25) is 0 Å². The third-order valence-corrected chi connectivity index (χ3v) is 11.2. The highest BCUT2D eigenvalue weighted by atomic mass is 32.2. The predicted octanol–water partition coefficient (Wildman–Crippen LogP) is 3.32. The van der Waals surface area contributed by atoms with Gasteiger partial charge in [0.2, 0.25) is 10.0 Å². The average molecular weight is 603 g/mol. The van der Waals surface area contributed by atoms with E-state index in [9.17, 15) is 23.4 Å². The summed E-state index contributed by atoms with van der Waals surface area (Å²) in [6.07, 6.45) is 14.5. The summed E-state index contributed by atoms with van der Waals surface area (Å²) in [6, 6.07) is -0.0833. The third-order valence-electron chi connectivity index (χ3n) is 9.22. The summed E-state index contributed by atoms with van der Waals surface area (Å²) in [6.45, 7) is 4.52. The fourth-order valence-corrected chi connectivity index (χ4v) is 8.28. The molecule has 0 aliphatic heterocycles. The highest BCUT2D eigenvalue weighted by molar-refractivity contribution is 7.90. The maximum atomic E-state index is 13.1. The Bertz CT molecular complexity index is 823. The van der Waals surface area contributed by atoms with Crippen LogP contribution in [-0.4, -0.2) is 86.5 Å². The molecule has 0 aromatic rings. The van der Waals surface area contributed by atoms with Gasteiger partial charge in [-0.05, 0) is 102 Å². The van der Waals surface area contributed by atoms with E-state index in [1.165, 1.54) is 12.8 Å². The van der Waals surface area contributed by atoms with Crippen LogP contribution in [0, 0.1) is 5.92 Å². The van der Waals surface area contributed by atoms with Crippen LogP contribution in [0.1, 0.15) is 116 Å². The number of urea groups is 1. The number of carbonyl (C=O) groups excluding carboxylic acids is 1. The van der Waals surface area contributed by atoms with Crippen LogP contribution in [0.15, 0.2) is 0 Å². The molecule has 2 amide bonds. The zero-order valence-electron chi connectivity index (χ0n) is 25.3. The first-order valence-corrected chi connectivity index (χ1v) is 18.0. The van der Waals surface area contributed by atoms with E-state index >= 15 is 0 Å². The van der Waals surface area contributed by atoms with Gasteiger partial charge < -0.3 is 30.9 Å². The molecule has 41 heavy (non-hydrogen) atoms. The highest BCUT2D eigenvalue weighted by Crippen LogP contribution is 2.29. The second-order valence-corrected chi connectivity index (χ2v) is 14.7. The minimum Gasteiger partial charge on any atom is -0.393 e. The van der Waals surface area contributed by atoms with Crippen molar-refractivity contribution >= 4 is 16.1 Å². The Morgan fingerprint density at radius 1 is 0.878 bits per heavy atom. The zero-order chi connectivity index (χ0) is 29.5. The summed E-state index contributed by atoms with van der Waals surface area (Å²) >= 11 is 0. The van der Waals surface area contributed by atoms with E-state index in [-0.39, 0.29) is 35.6 Å². The molecule has 11 heteroatoms. The lowest BCUT2D eigenvalue weighted by Gasteiger charge is -2.33. The van der Waals surface area contributed by atoms with Crippen molar-refractivity contribution in [2.75, 3.05) is 26.2 Å². The molecule has 0 heterocycles. The molecule has 240 valence electrons. The maximum absolute atomic E-state index is 13.1. The van der Waals surface area contributed by atoms with E-state index in [1.807, 2.05) is 0 Å². The van der Waals surface area contributed by atoms with Crippen molar-refractivity contribution in [1.29, 1.82) is 0 Å². The molecule has 0 radical (unpaired) electrons. The number of nitrogens with one attached hydrogen (secondary N) is 4. The van der Waals surface area contributed by atoms with Gasteiger partial charge in [-0.1, -0.05) is 26.2 Å². The molecular weight excluding hydrogens is 544 g/mol. The summed E-state index contributed by atoms with van der Waals surface area (Å²) < 4.78 is 34.9. The van der Waals surface area contributed by atoms with Crippen LogP contribution in [0.25, 0.3) is 0 Å². The summed E-state index contributed by atoms with van der Waals surface area (Å²) in [7, 11) is -3.37. The fourth-order valence-electron chi connectivity index (χ4n) is 6.50. The average Bonchev–Trinajstić information content (AvgIpc) is 2.96. The molecule has 0 aromatic carbocycles. The first kappa shape index (κ1) is 34.5. The van der Waals surface area contributed by atoms with Crippen molar-refractivity contribution in [2.45, 2.75) is 152 Å². The topological polar surface area (TPSA) is 149 Å². The van der Waals surface area contributed by atoms with Gasteiger partial charge in [0, 0.05) is 25.2 Å². The van der Waals surface area contributed by atoms with Gasteiger partial charge in [-0.2, -0.15) is 0 Å². The van der Waals surface area contributed by atoms with Crippen LogP contribution >= 0.6 is 0 Å². The van der Waals surface area contributed by atoms with Gasteiger partial charge in [0.05, 0.1) is 30.2 Å². The normalized spacial score (nSPS) is 30.0. The summed E-state index contributed by atoms with van der Waals surface area (Å²) in [5.74, 6) is 0.574. The molecule has 3 rings (SSSR count). The second-order valence-electron chi connectivity index (χ2n) is 12.7. The van der Waals surface area contributed by atoms with E-state index in [0.29, 0.717) is 51.3 Å². The molecule has 3 aliphatic rings. The number of aliphatic hydroxyl groups is 2. The van der Waals surface area contributed by atoms with Gasteiger partial charge in [0.15, 0.2) is 0 Å². The van der Waals surface area contributed by atoms with Crippen LogP contribution in [0.5, 0.6) is 0 Å². The summed E-state index contributed by atoms with van der Waals surface area (Å²) in [5, 5.41) is 28.7. The van der Waals surface area contributed by atoms with Crippen LogP contribution in [0.2, 0.25) is 0 Å². The van der Waals surface area contributed by atoms with Crippen molar-refractivity contribution in [2.24, 2.45) is 5.92 Å². The smallest absolute Gasteiger partial charge is 0.315 e. The first-order valence-electron chi connectivity index (χ1n) is 16.5. The Morgan fingerprint density at radius 2 is 1.56 bits per heavy atom. The summed E-state index contributed by atoms with van der Waals surface area (Å²) in [5.41, 5.74) is 0. The molecule has 1 atom stereocenters. The SMILES string of the molecule is CCCCCCNC(=O)NC1CCC(S(=O)(=O)NC2CCC(CCNC[C@H](O)COC3CCC(O)CC3)CC2)CC1. The van der Waals surface area contributed by atoms with Crippen molar-refractivity contribution in [1.82, 2.24) is 20.7 Å². The number of amides is 2. The zero-order valence-corrected chi connectivity index (χ0v) is 26.1. The standard InChI is InChI=1S/C30H58N4O6S/c1-2-3-4-5-19-32-30(37)33-24-10-16-29(17-11-24)41(38,39)34-25-8-6-23(7-9-25)18-20-31-21-27(36)22-40-28-14-12-26(35)13-15-28/h23-29,31,34-36H,2-22H2,1H3,(H2,32,33,37)/t23?,24?,25?,26?,27-,28?,29?/m0/s1. The molecule has 0 spiro atoms. The van der Waals surface area contributed by atoms with Gasteiger partial charge >= 0.3 is 6.03 Å². The molecule has 6 N–H and O–H groups in total. The Morgan fingerprint density at radius 3 is 2.24 bits per heavy atom. The van der Waals surface area contributed by atoms with Crippen LogP contribution in [0.3, 0.4) is 0 Å². The van der Waals surface area contributed by atoms with Crippen LogP contribution in [0.4, 0.5) is 4.79 Å². The lowest BCUT2D eigenvalue weighted by Crippen LogP contribution is -2.48. The van der Waals surface area contributed by atoms with Crippen molar-refractivity contribution < 1.29 is 28.2 Å². The quantitative estimate of drug-likeness (QED) is 0.140. The monoisotopic (exact) mass is 602 g/mol. The first-order chi connectivity index (χ1) is 19.7. The Kier molecular flexibility index (Phi) is 15.7. The predicted molar refractivity (Wildman–Crippen MR) is 162 cm³/mol. The molecule has 0 aromatic heterocycles. The third kappa shape index (κ3) is 13.5. The van der Waals surface area contributed by atoms with Crippen LogP contribution < -0.4 is 20.7 Å². The van der Waals surface area contributed by atoms with Crippen LogP contribution in [-0.2, 0) is 14.8 Å². The number of hydrogen-bond acceptors (Lipinski definition) is 7. The van der Waals surface area contributed by atoms with E-state index in [4.69, 9.17) is 4.74 Å². The minimum atomic E-state index is -3.37. The number of hydrogen-bond donors (Lipinski definition) is 6. The number of rotatable bonds is 17. The van der Waals surface area contributed by atoms with E-state index in [2.05, 4.69) is 27.6 Å². The molecule has 0 unspecified atom stereocenters. The molecule has 0 bridgehead atoms. The molecule has 10 nitrogen and oxygen atoms in total. The molecule has 3 saturated carbocycles. The lowest BCUT2D eigenvalue weighted by molar-refractivity contribution is -0.0391. The minimum absolute atomic E-state index is 0.0124.